The van der Waals surface area contributed by atoms with Crippen LogP contribution >= 0.6 is 23.5 Å². The smallest absolute Gasteiger partial charge is 0.141 e. The normalized spacial score (nSPS) is 13.1. The molecule has 0 unspecified atom stereocenters. The van der Waals surface area contributed by atoms with E-state index >= 15 is 0 Å². The zero-order chi connectivity index (χ0) is 11.8. The van der Waals surface area contributed by atoms with Gasteiger partial charge in [-0.05, 0) is 30.0 Å². The van der Waals surface area contributed by atoms with Crippen LogP contribution in [0.5, 0.6) is 0 Å². The van der Waals surface area contributed by atoms with Crippen LogP contribution in [0, 0.1) is 5.82 Å². The van der Waals surface area contributed by atoms with Crippen molar-refractivity contribution in [3.8, 4) is 0 Å². The second-order valence-electron chi connectivity index (χ2n) is 3.95. The minimum absolute atomic E-state index is 0.0444. The van der Waals surface area contributed by atoms with Crippen molar-refractivity contribution < 1.29 is 4.39 Å². The maximum absolute atomic E-state index is 14.2. The Hall–Kier alpha value is -0.930. The van der Waals surface area contributed by atoms with Gasteiger partial charge in [0.25, 0.3) is 0 Å². The van der Waals surface area contributed by atoms with Gasteiger partial charge in [0.1, 0.15) is 5.82 Å². The zero-order valence-corrected chi connectivity index (χ0v) is 11.0. The van der Waals surface area contributed by atoms with Crippen LogP contribution in [0.3, 0.4) is 0 Å². The van der Waals surface area contributed by atoms with Gasteiger partial charge in [-0.25, -0.2) is 4.39 Å². The van der Waals surface area contributed by atoms with E-state index in [-0.39, 0.29) is 5.82 Å². The van der Waals surface area contributed by atoms with Crippen LogP contribution in [0.25, 0.3) is 0 Å². The first-order valence-electron chi connectivity index (χ1n) is 5.40. The largest absolute Gasteiger partial charge is 0.205 e. The van der Waals surface area contributed by atoms with Crippen LogP contribution in [-0.2, 0) is 6.42 Å². The van der Waals surface area contributed by atoms with Crippen molar-refractivity contribution in [2.24, 2.45) is 0 Å². The molecule has 0 atom stereocenters. The molecule has 3 rings (SSSR count). The number of hydrogen-bond donors (Lipinski definition) is 0. The van der Waals surface area contributed by atoms with Crippen molar-refractivity contribution in [3.63, 3.8) is 0 Å². The van der Waals surface area contributed by atoms with E-state index in [4.69, 9.17) is 0 Å². The number of rotatable bonds is 1. The Morgan fingerprint density at radius 1 is 1.12 bits per heavy atom. The summed E-state index contributed by atoms with van der Waals surface area (Å²) in [6.45, 7) is 0. The maximum atomic E-state index is 14.2. The first kappa shape index (κ1) is 11.2. The maximum Gasteiger partial charge on any atom is 0.141 e. The lowest BCUT2D eigenvalue weighted by Gasteiger charge is -2.20. The molecule has 1 heterocycles. The van der Waals surface area contributed by atoms with E-state index in [1.54, 1.807) is 11.8 Å². The first-order chi connectivity index (χ1) is 8.29. The lowest BCUT2D eigenvalue weighted by Crippen LogP contribution is -2.03. The Morgan fingerprint density at radius 2 is 1.94 bits per heavy atom. The van der Waals surface area contributed by atoms with Gasteiger partial charge in [-0.1, -0.05) is 30.0 Å². The van der Waals surface area contributed by atoms with Gasteiger partial charge in [0.15, 0.2) is 0 Å². The lowest BCUT2D eigenvalue weighted by atomic mass is 10.0. The van der Waals surface area contributed by atoms with E-state index in [2.05, 4.69) is 12.1 Å². The molecular formula is C14H11FS2. The molecule has 3 heteroatoms. The Balaban J connectivity index is 2.12. The van der Waals surface area contributed by atoms with Crippen molar-refractivity contribution in [1.82, 2.24) is 0 Å². The van der Waals surface area contributed by atoms with Crippen molar-refractivity contribution >= 4 is 23.5 Å². The lowest BCUT2D eigenvalue weighted by molar-refractivity contribution is 0.581. The third-order valence-corrected chi connectivity index (χ3v) is 4.92. The molecule has 0 amide bonds. The molecule has 0 aromatic heterocycles. The number of benzene rings is 2. The van der Waals surface area contributed by atoms with Gasteiger partial charge >= 0.3 is 0 Å². The van der Waals surface area contributed by atoms with Gasteiger partial charge in [0.2, 0.25) is 0 Å². The molecule has 0 spiro atoms. The third-order valence-electron chi connectivity index (χ3n) is 2.94. The average Bonchev–Trinajstić information content (AvgIpc) is 2.37. The van der Waals surface area contributed by atoms with Gasteiger partial charge in [-0.2, -0.15) is 0 Å². The fourth-order valence-electron chi connectivity index (χ4n) is 2.06. The molecule has 2 aromatic rings. The molecule has 0 saturated carbocycles. The Bertz CT molecular complexity index is 578. The number of thioether (sulfide) groups is 1. The van der Waals surface area contributed by atoms with Gasteiger partial charge in [-0.3, -0.25) is 0 Å². The summed E-state index contributed by atoms with van der Waals surface area (Å²) in [4.78, 5) is 3.04. The summed E-state index contributed by atoms with van der Waals surface area (Å²) in [5, 5.41) is 0. The molecule has 0 N–H and O–H groups in total. The molecule has 0 aliphatic carbocycles. The highest BCUT2D eigenvalue weighted by Crippen LogP contribution is 2.41. The third kappa shape index (κ3) is 1.87. The Labute approximate surface area is 109 Å². The Kier molecular flexibility index (Phi) is 2.89. The van der Waals surface area contributed by atoms with E-state index < -0.39 is 0 Å². The topological polar surface area (TPSA) is 0 Å². The van der Waals surface area contributed by atoms with E-state index in [0.29, 0.717) is 6.42 Å². The highest BCUT2D eigenvalue weighted by atomic mass is 32.2. The molecule has 1 aliphatic rings. The minimum atomic E-state index is -0.0444. The molecule has 0 saturated heterocycles. The van der Waals surface area contributed by atoms with E-state index in [1.807, 2.05) is 30.5 Å². The van der Waals surface area contributed by atoms with Gasteiger partial charge in [-0.15, -0.1) is 11.8 Å². The van der Waals surface area contributed by atoms with Crippen LogP contribution < -0.4 is 0 Å². The molecule has 0 bridgehead atoms. The van der Waals surface area contributed by atoms with Gasteiger partial charge < -0.3 is 0 Å². The summed E-state index contributed by atoms with van der Waals surface area (Å²) in [7, 11) is 0. The predicted molar refractivity (Wildman–Crippen MR) is 71.6 cm³/mol. The van der Waals surface area contributed by atoms with Gasteiger partial charge in [0, 0.05) is 26.7 Å². The molecule has 0 nitrogen and oxygen atoms in total. The van der Waals surface area contributed by atoms with Crippen LogP contribution in [0.4, 0.5) is 4.39 Å². The predicted octanol–water partition coefficient (Wildman–Crippen LogP) is 4.60. The highest BCUT2D eigenvalue weighted by Gasteiger charge is 2.20. The van der Waals surface area contributed by atoms with E-state index in [0.717, 1.165) is 15.4 Å². The average molecular weight is 262 g/mol. The molecule has 17 heavy (non-hydrogen) atoms. The molecule has 1 aliphatic heterocycles. The minimum Gasteiger partial charge on any atom is -0.205 e. The molecule has 2 aromatic carbocycles. The fourth-order valence-corrected chi connectivity index (χ4v) is 3.64. The van der Waals surface area contributed by atoms with Crippen molar-refractivity contribution in [2.75, 3.05) is 6.26 Å². The monoisotopic (exact) mass is 262 g/mol. The SMILES string of the molecule is CSc1ccc2c(c1F)Cc1ccccc1S2. The highest BCUT2D eigenvalue weighted by molar-refractivity contribution is 7.99. The quantitative estimate of drug-likeness (QED) is 0.588. The van der Waals surface area contributed by atoms with Crippen molar-refractivity contribution in [3.05, 3.63) is 53.3 Å². The number of fused-ring (bicyclic) bond motifs is 2. The summed E-state index contributed by atoms with van der Waals surface area (Å²) >= 11 is 3.13. The standard InChI is InChI=1S/C14H11FS2/c1-16-13-7-6-12-10(14(13)15)8-9-4-2-3-5-11(9)17-12/h2-7H,8H2,1H3. The second-order valence-corrected chi connectivity index (χ2v) is 5.88. The summed E-state index contributed by atoms with van der Waals surface area (Å²) in [6, 6.07) is 12.1. The molecule has 0 radical (unpaired) electrons. The van der Waals surface area contributed by atoms with Gasteiger partial charge in [0.05, 0.1) is 0 Å². The zero-order valence-electron chi connectivity index (χ0n) is 9.37. The van der Waals surface area contributed by atoms with Crippen LogP contribution in [0.2, 0.25) is 0 Å². The second kappa shape index (κ2) is 4.39. The summed E-state index contributed by atoms with van der Waals surface area (Å²) in [5.74, 6) is -0.0444. The molecular weight excluding hydrogens is 251 g/mol. The Morgan fingerprint density at radius 3 is 2.76 bits per heavy atom. The first-order valence-corrected chi connectivity index (χ1v) is 7.45. The van der Waals surface area contributed by atoms with E-state index in [1.165, 1.54) is 22.2 Å². The molecule has 0 fully saturated rings. The van der Waals surface area contributed by atoms with Crippen molar-refractivity contribution in [1.29, 1.82) is 0 Å². The fraction of sp³-hybridized carbons (Fsp3) is 0.143. The van der Waals surface area contributed by atoms with Crippen LogP contribution in [0.1, 0.15) is 11.1 Å². The molecule has 86 valence electrons. The number of hydrogen-bond acceptors (Lipinski definition) is 2. The van der Waals surface area contributed by atoms with E-state index in [9.17, 15) is 4.39 Å². The summed E-state index contributed by atoms with van der Waals surface area (Å²) in [5.41, 5.74) is 2.07. The van der Waals surface area contributed by atoms with Crippen molar-refractivity contribution in [2.45, 2.75) is 21.1 Å². The van der Waals surface area contributed by atoms with Crippen LogP contribution in [0.15, 0.2) is 51.1 Å². The summed E-state index contributed by atoms with van der Waals surface area (Å²) in [6.07, 6.45) is 2.62. The number of halogens is 1. The van der Waals surface area contributed by atoms with Crippen LogP contribution in [-0.4, -0.2) is 6.26 Å². The summed E-state index contributed by atoms with van der Waals surface area (Å²) < 4.78 is 14.2.